The Bertz CT molecular complexity index is 643. The van der Waals surface area contributed by atoms with Crippen LogP contribution in [0.25, 0.3) is 0 Å². The summed E-state index contributed by atoms with van der Waals surface area (Å²) >= 11 is -1.40. The lowest BCUT2D eigenvalue weighted by Crippen LogP contribution is -2.42. The molecule has 0 amide bonds. The zero-order valence-electron chi connectivity index (χ0n) is 13.0. The Labute approximate surface area is 136 Å². The molecule has 1 heterocycles. The van der Waals surface area contributed by atoms with Crippen molar-refractivity contribution in [3.05, 3.63) is 33.4 Å². The number of ether oxygens (including phenoxy) is 1. The third kappa shape index (κ3) is 3.74. The molecule has 0 saturated heterocycles. The minimum atomic E-state index is -1.40. The van der Waals surface area contributed by atoms with Gasteiger partial charge in [0.05, 0.1) is 17.6 Å². The highest BCUT2D eigenvalue weighted by molar-refractivity contribution is 7.90. The molecule has 0 spiro atoms. The molecular weight excluding hydrogens is 324 g/mol. The van der Waals surface area contributed by atoms with E-state index in [1.54, 1.807) is 20.8 Å². The summed E-state index contributed by atoms with van der Waals surface area (Å²) in [6, 6.07) is 1.78. The van der Waals surface area contributed by atoms with Gasteiger partial charge in [0.2, 0.25) is 0 Å². The van der Waals surface area contributed by atoms with Gasteiger partial charge in [-0.05, 0) is 20.8 Å². The Morgan fingerprint density at radius 2 is 2.13 bits per heavy atom. The van der Waals surface area contributed by atoms with Crippen LogP contribution >= 0.6 is 0 Å². The van der Waals surface area contributed by atoms with Gasteiger partial charge in [-0.15, -0.1) is 4.72 Å². The van der Waals surface area contributed by atoms with Crippen LogP contribution in [0.3, 0.4) is 0 Å². The summed E-state index contributed by atoms with van der Waals surface area (Å²) in [5.41, 5.74) is -0.248. The molecule has 0 fully saturated rings. The molecule has 0 aromatic heterocycles. The van der Waals surface area contributed by atoms with Crippen molar-refractivity contribution in [2.45, 2.75) is 38.0 Å². The average Bonchev–Trinajstić information content (AvgIpc) is 2.45. The van der Waals surface area contributed by atoms with Gasteiger partial charge in [-0.1, -0.05) is 0 Å². The predicted octanol–water partition coefficient (Wildman–Crippen LogP) is 2.17. The number of rotatable bonds is 4. The quantitative estimate of drug-likeness (QED) is 0.488. The monoisotopic (exact) mass is 342 g/mol. The zero-order valence-corrected chi connectivity index (χ0v) is 13.8. The van der Waals surface area contributed by atoms with E-state index < -0.39 is 33.0 Å². The van der Waals surface area contributed by atoms with E-state index in [0.717, 1.165) is 6.07 Å². The molecule has 126 valence electrons. The number of non-ortho nitro benzene ring substituents is 1. The van der Waals surface area contributed by atoms with Gasteiger partial charge in [0.1, 0.15) is 16.1 Å². The summed E-state index contributed by atoms with van der Waals surface area (Å²) in [6.45, 7) is 5.63. The number of hydrogen-bond donors (Lipinski definition) is 2. The van der Waals surface area contributed by atoms with Crippen LogP contribution in [0.1, 0.15) is 49.2 Å². The highest BCUT2D eigenvalue weighted by Gasteiger charge is 2.35. The third-order valence-corrected chi connectivity index (χ3v) is 4.99. The topological polar surface area (TPSA) is 125 Å². The number of aromatic carboxylic acids is 1. The first-order valence-electron chi connectivity index (χ1n) is 6.97. The van der Waals surface area contributed by atoms with E-state index in [9.17, 15) is 24.6 Å². The molecule has 2 rings (SSSR count). The number of hydrogen-bond acceptors (Lipinski definition) is 6. The smallest absolute Gasteiger partial charge is 0.339 e. The van der Waals surface area contributed by atoms with Crippen molar-refractivity contribution in [3.8, 4) is 5.75 Å². The van der Waals surface area contributed by atoms with E-state index in [0.29, 0.717) is 12.0 Å². The number of nitro benzene ring substituents is 1. The van der Waals surface area contributed by atoms with Crippen molar-refractivity contribution in [2.75, 3.05) is 6.61 Å². The molecule has 9 heteroatoms. The summed E-state index contributed by atoms with van der Waals surface area (Å²) < 4.78 is 20.1. The second kappa shape index (κ2) is 6.34. The number of benzene rings is 1. The molecule has 1 aromatic carbocycles. The highest BCUT2D eigenvalue weighted by Crippen LogP contribution is 2.39. The van der Waals surface area contributed by atoms with Crippen LogP contribution in [-0.2, 0) is 11.4 Å². The Hall–Kier alpha value is -1.84. The zero-order chi connectivity index (χ0) is 17.4. The van der Waals surface area contributed by atoms with Gasteiger partial charge in [0.25, 0.3) is 5.69 Å². The van der Waals surface area contributed by atoms with Crippen molar-refractivity contribution >= 4 is 23.0 Å². The van der Waals surface area contributed by atoms with Gasteiger partial charge in [-0.25, -0.2) is 4.79 Å². The fourth-order valence-electron chi connectivity index (χ4n) is 2.18. The van der Waals surface area contributed by atoms with Crippen LogP contribution in [-0.4, -0.2) is 31.9 Å². The molecule has 2 atom stereocenters. The molecule has 0 radical (unpaired) electrons. The van der Waals surface area contributed by atoms with Gasteiger partial charge in [0, 0.05) is 35.5 Å². The number of nitrogens with one attached hydrogen (secondary N) is 1. The summed E-state index contributed by atoms with van der Waals surface area (Å²) in [5, 5.41) is 20.3. The number of carboxylic acid groups (broad SMARTS) is 1. The second-order valence-corrected chi connectivity index (χ2v) is 8.16. The van der Waals surface area contributed by atoms with E-state index in [1.165, 1.54) is 6.07 Å². The molecule has 23 heavy (non-hydrogen) atoms. The predicted molar refractivity (Wildman–Crippen MR) is 83.9 cm³/mol. The van der Waals surface area contributed by atoms with Crippen molar-refractivity contribution in [3.63, 3.8) is 0 Å². The lowest BCUT2D eigenvalue weighted by atomic mass is 9.97. The van der Waals surface area contributed by atoms with Crippen molar-refractivity contribution in [1.82, 2.24) is 4.72 Å². The maximum atomic E-state index is 12.3. The standard InChI is InChI=1S/C14H18N2O6S/c1-14(2,3)23(21)15-11-4-5-22-12-9(11)6-8(16(19)20)7-10(12)13(17)18/h6-7,11,15H,4-5H2,1-3H3,(H,17,18)/t11?,23-/m0/s1. The van der Waals surface area contributed by atoms with Crippen LogP contribution in [0.2, 0.25) is 0 Å². The van der Waals surface area contributed by atoms with Gasteiger partial charge in [-0.3, -0.25) is 10.1 Å². The largest absolute Gasteiger partial charge is 0.598 e. The van der Waals surface area contributed by atoms with Gasteiger partial charge in [0.15, 0.2) is 0 Å². The van der Waals surface area contributed by atoms with Crippen LogP contribution in [0.4, 0.5) is 5.69 Å². The fraction of sp³-hybridized carbons (Fsp3) is 0.500. The molecule has 1 unspecified atom stereocenters. The Kier molecular flexibility index (Phi) is 4.83. The van der Waals surface area contributed by atoms with E-state index in [2.05, 4.69) is 4.72 Å². The maximum absolute atomic E-state index is 12.3. The molecule has 2 N–H and O–H groups in total. The Morgan fingerprint density at radius 1 is 1.48 bits per heavy atom. The van der Waals surface area contributed by atoms with Gasteiger partial charge in [-0.2, -0.15) is 0 Å². The summed E-state index contributed by atoms with van der Waals surface area (Å²) in [6.07, 6.45) is 0.440. The number of carbonyl (C=O) groups is 1. The van der Waals surface area contributed by atoms with Crippen LogP contribution < -0.4 is 9.46 Å². The molecule has 1 aliphatic rings. The number of fused-ring (bicyclic) bond motifs is 1. The molecule has 1 aromatic rings. The fourth-order valence-corrected chi connectivity index (χ4v) is 3.04. The lowest BCUT2D eigenvalue weighted by Gasteiger charge is -2.31. The van der Waals surface area contributed by atoms with Crippen LogP contribution in [0.15, 0.2) is 12.1 Å². The summed E-state index contributed by atoms with van der Waals surface area (Å²) in [4.78, 5) is 21.7. The minimum absolute atomic E-state index is 0.0951. The highest BCUT2D eigenvalue weighted by atomic mass is 32.2. The Balaban J connectivity index is 2.47. The van der Waals surface area contributed by atoms with Gasteiger partial charge >= 0.3 is 5.97 Å². The number of nitro groups is 1. The molecule has 1 aliphatic heterocycles. The lowest BCUT2D eigenvalue weighted by molar-refractivity contribution is -0.385. The van der Waals surface area contributed by atoms with Crippen molar-refractivity contribution in [1.29, 1.82) is 0 Å². The molecule has 8 nitrogen and oxygen atoms in total. The van der Waals surface area contributed by atoms with E-state index in [-0.39, 0.29) is 23.6 Å². The summed E-state index contributed by atoms with van der Waals surface area (Å²) in [7, 11) is 0. The first kappa shape index (κ1) is 17.5. The van der Waals surface area contributed by atoms with Gasteiger partial charge < -0.3 is 14.4 Å². The first-order valence-corrected chi connectivity index (χ1v) is 8.12. The number of nitrogens with zero attached hydrogens (tertiary/aromatic N) is 1. The number of carboxylic acids is 1. The van der Waals surface area contributed by atoms with Crippen LogP contribution in [0.5, 0.6) is 5.75 Å². The Morgan fingerprint density at radius 3 is 2.65 bits per heavy atom. The SMILES string of the molecule is CC(C)(C)[S@+]([O-])NC1CCOc2c(C(=O)O)cc([N+](=O)[O-])cc21. The second-order valence-electron chi connectivity index (χ2n) is 6.16. The molecule has 0 bridgehead atoms. The normalized spacial score (nSPS) is 18.7. The molecular formula is C14H18N2O6S. The molecule has 0 aliphatic carbocycles. The van der Waals surface area contributed by atoms with E-state index in [4.69, 9.17) is 4.74 Å². The minimum Gasteiger partial charge on any atom is -0.598 e. The third-order valence-electron chi connectivity index (χ3n) is 3.38. The van der Waals surface area contributed by atoms with E-state index in [1.807, 2.05) is 0 Å². The van der Waals surface area contributed by atoms with Crippen molar-refractivity contribution < 1.29 is 24.1 Å². The maximum Gasteiger partial charge on any atom is 0.339 e. The molecule has 0 saturated carbocycles. The average molecular weight is 342 g/mol. The van der Waals surface area contributed by atoms with E-state index >= 15 is 0 Å². The first-order chi connectivity index (χ1) is 10.6. The van der Waals surface area contributed by atoms with Crippen molar-refractivity contribution in [2.24, 2.45) is 0 Å². The van der Waals surface area contributed by atoms with Crippen LogP contribution in [0, 0.1) is 10.1 Å². The summed E-state index contributed by atoms with van der Waals surface area (Å²) in [5.74, 6) is -1.21.